The number of amides is 2. The van der Waals surface area contributed by atoms with Gasteiger partial charge in [0.2, 0.25) is 11.8 Å². The second-order valence-electron chi connectivity index (χ2n) is 10.6. The molecule has 10 heteroatoms. The molecule has 0 aliphatic heterocycles. The molecular formula is C30H35Cl2N3O4S. The number of nitrogens with zero attached hydrogens (tertiary/aromatic N) is 2. The van der Waals surface area contributed by atoms with Gasteiger partial charge in [-0.15, -0.1) is 0 Å². The highest BCUT2D eigenvalue weighted by Gasteiger charge is 2.35. The number of nitrogens with one attached hydrogen (secondary N) is 1. The van der Waals surface area contributed by atoms with Crippen molar-refractivity contribution in [2.75, 3.05) is 10.8 Å². The maximum Gasteiger partial charge on any atom is 0.264 e. The predicted molar refractivity (Wildman–Crippen MR) is 161 cm³/mol. The first kappa shape index (κ1) is 31.5. The second-order valence-corrected chi connectivity index (χ2v) is 13.3. The van der Waals surface area contributed by atoms with E-state index >= 15 is 0 Å². The van der Waals surface area contributed by atoms with Crippen LogP contribution in [0, 0.1) is 6.92 Å². The standard InChI is InChI=1S/C30H35Cl2N3O4S/c1-6-26(29(37)33-30(3,4)5)34(19-22-12-10-11-21(2)17-22)28(36)20-35(27-18-23(31)15-16-25(27)32)40(38,39)24-13-8-7-9-14-24/h7-18,26H,6,19-20H2,1-5H3,(H,33,37). The van der Waals surface area contributed by atoms with Gasteiger partial charge in [0.1, 0.15) is 12.6 Å². The zero-order valence-corrected chi connectivity index (χ0v) is 25.6. The van der Waals surface area contributed by atoms with Gasteiger partial charge in [-0.1, -0.05) is 78.2 Å². The van der Waals surface area contributed by atoms with Gasteiger partial charge in [0.05, 0.1) is 15.6 Å². The smallest absolute Gasteiger partial charge is 0.264 e. The topological polar surface area (TPSA) is 86.8 Å². The molecule has 0 aromatic heterocycles. The largest absolute Gasteiger partial charge is 0.350 e. The number of aryl methyl sites for hydroxylation is 1. The Morgan fingerprint density at radius 1 is 0.950 bits per heavy atom. The van der Waals surface area contributed by atoms with E-state index in [0.717, 1.165) is 15.4 Å². The van der Waals surface area contributed by atoms with Crippen LogP contribution < -0.4 is 9.62 Å². The SMILES string of the molecule is CCC(C(=O)NC(C)(C)C)N(Cc1cccc(C)c1)C(=O)CN(c1cc(Cl)ccc1Cl)S(=O)(=O)c1ccccc1. The average Bonchev–Trinajstić information content (AvgIpc) is 2.88. The molecule has 2 amide bonds. The Morgan fingerprint density at radius 2 is 1.62 bits per heavy atom. The molecule has 0 aliphatic rings. The lowest BCUT2D eigenvalue weighted by molar-refractivity contribution is -0.141. The fourth-order valence-corrected chi connectivity index (χ4v) is 6.17. The number of halogens is 2. The monoisotopic (exact) mass is 603 g/mol. The number of carbonyl (C=O) groups is 2. The molecular weight excluding hydrogens is 569 g/mol. The number of anilines is 1. The minimum atomic E-state index is -4.24. The lowest BCUT2D eigenvalue weighted by Crippen LogP contribution is -2.55. The van der Waals surface area contributed by atoms with Crippen molar-refractivity contribution in [3.05, 3.63) is 94.0 Å². The van der Waals surface area contributed by atoms with Crippen molar-refractivity contribution in [1.29, 1.82) is 0 Å². The Bertz CT molecular complexity index is 1460. The van der Waals surface area contributed by atoms with Crippen molar-refractivity contribution in [3.8, 4) is 0 Å². The van der Waals surface area contributed by atoms with E-state index in [-0.39, 0.29) is 33.1 Å². The normalized spacial score (nSPS) is 12.5. The van der Waals surface area contributed by atoms with Gasteiger partial charge < -0.3 is 10.2 Å². The van der Waals surface area contributed by atoms with Gasteiger partial charge in [0.25, 0.3) is 10.0 Å². The van der Waals surface area contributed by atoms with Crippen LogP contribution in [0.15, 0.2) is 77.7 Å². The average molecular weight is 605 g/mol. The third-order valence-corrected chi connectivity index (χ3v) is 8.44. The Kier molecular flexibility index (Phi) is 10.3. The Hall–Kier alpha value is -3.07. The van der Waals surface area contributed by atoms with E-state index in [9.17, 15) is 18.0 Å². The molecule has 0 radical (unpaired) electrons. The molecule has 0 heterocycles. The van der Waals surface area contributed by atoms with Gasteiger partial charge in [-0.25, -0.2) is 8.42 Å². The summed E-state index contributed by atoms with van der Waals surface area (Å²) in [7, 11) is -4.24. The highest BCUT2D eigenvalue weighted by Crippen LogP contribution is 2.33. The quantitative estimate of drug-likeness (QED) is 0.298. The van der Waals surface area contributed by atoms with Gasteiger partial charge >= 0.3 is 0 Å². The van der Waals surface area contributed by atoms with Crippen LogP contribution in [0.3, 0.4) is 0 Å². The first-order chi connectivity index (χ1) is 18.7. The van der Waals surface area contributed by atoms with Crippen molar-refractivity contribution < 1.29 is 18.0 Å². The summed E-state index contributed by atoms with van der Waals surface area (Å²) in [6, 6.07) is 19.0. The molecule has 3 aromatic carbocycles. The maximum atomic E-state index is 14.1. The Labute approximate surface area is 247 Å². The first-order valence-electron chi connectivity index (χ1n) is 12.9. The lowest BCUT2D eigenvalue weighted by atomic mass is 10.0. The number of carbonyl (C=O) groups excluding carboxylic acids is 2. The molecule has 0 saturated heterocycles. The van der Waals surface area contributed by atoms with Crippen LogP contribution in [0.5, 0.6) is 0 Å². The van der Waals surface area contributed by atoms with E-state index in [4.69, 9.17) is 23.2 Å². The molecule has 214 valence electrons. The number of sulfonamides is 1. The summed E-state index contributed by atoms with van der Waals surface area (Å²) < 4.78 is 28.7. The van der Waals surface area contributed by atoms with E-state index in [1.165, 1.54) is 35.2 Å². The molecule has 0 bridgehead atoms. The fourth-order valence-electron chi connectivity index (χ4n) is 4.29. The fraction of sp³-hybridized carbons (Fsp3) is 0.333. The molecule has 1 atom stereocenters. The van der Waals surface area contributed by atoms with Crippen LogP contribution >= 0.6 is 23.2 Å². The van der Waals surface area contributed by atoms with E-state index in [0.29, 0.717) is 6.42 Å². The Balaban J connectivity index is 2.11. The van der Waals surface area contributed by atoms with E-state index in [2.05, 4.69) is 5.32 Å². The minimum absolute atomic E-state index is 0.0124. The van der Waals surface area contributed by atoms with Crippen molar-refractivity contribution >= 4 is 50.7 Å². The maximum absolute atomic E-state index is 14.1. The summed E-state index contributed by atoms with van der Waals surface area (Å²) in [6.07, 6.45) is 0.322. The molecule has 40 heavy (non-hydrogen) atoms. The van der Waals surface area contributed by atoms with Crippen molar-refractivity contribution in [1.82, 2.24) is 10.2 Å². The van der Waals surface area contributed by atoms with Crippen molar-refractivity contribution in [3.63, 3.8) is 0 Å². The van der Waals surface area contributed by atoms with Gasteiger partial charge in [-0.05, 0) is 70.0 Å². The van der Waals surface area contributed by atoms with E-state index in [1.54, 1.807) is 18.2 Å². The zero-order chi connectivity index (χ0) is 29.7. The molecule has 0 saturated carbocycles. The van der Waals surface area contributed by atoms with Gasteiger partial charge in [0.15, 0.2) is 0 Å². The van der Waals surface area contributed by atoms with Crippen LogP contribution in [0.25, 0.3) is 0 Å². The molecule has 0 spiro atoms. The second kappa shape index (κ2) is 13.1. The molecule has 0 aliphatic carbocycles. The van der Waals surface area contributed by atoms with Crippen LogP contribution in [0.2, 0.25) is 10.0 Å². The summed E-state index contributed by atoms with van der Waals surface area (Å²) in [4.78, 5) is 28.9. The predicted octanol–water partition coefficient (Wildman–Crippen LogP) is 6.22. The van der Waals surface area contributed by atoms with Crippen molar-refractivity contribution in [2.45, 2.75) is 64.1 Å². The molecule has 3 rings (SSSR count). The van der Waals surface area contributed by atoms with Crippen LogP contribution in [-0.2, 0) is 26.2 Å². The van der Waals surface area contributed by atoms with Crippen LogP contribution in [0.4, 0.5) is 5.69 Å². The summed E-state index contributed by atoms with van der Waals surface area (Å²) >= 11 is 12.7. The van der Waals surface area contributed by atoms with Crippen molar-refractivity contribution in [2.24, 2.45) is 0 Å². The summed E-state index contributed by atoms with van der Waals surface area (Å²) in [5.41, 5.74) is 1.35. The minimum Gasteiger partial charge on any atom is -0.350 e. The van der Waals surface area contributed by atoms with E-state index in [1.807, 2.05) is 58.9 Å². The summed E-state index contributed by atoms with van der Waals surface area (Å²) in [5, 5.41) is 3.32. The lowest BCUT2D eigenvalue weighted by Gasteiger charge is -2.35. The number of hydrogen-bond donors (Lipinski definition) is 1. The number of benzene rings is 3. The van der Waals surface area contributed by atoms with E-state index < -0.39 is 34.1 Å². The summed E-state index contributed by atoms with van der Waals surface area (Å²) in [6.45, 7) is 8.85. The third kappa shape index (κ3) is 7.99. The van der Waals surface area contributed by atoms with Crippen LogP contribution in [-0.4, -0.2) is 43.3 Å². The molecule has 7 nitrogen and oxygen atoms in total. The van der Waals surface area contributed by atoms with Gasteiger partial charge in [0, 0.05) is 17.1 Å². The molecule has 1 N–H and O–H groups in total. The summed E-state index contributed by atoms with van der Waals surface area (Å²) in [5.74, 6) is -0.887. The number of rotatable bonds is 10. The molecule has 1 unspecified atom stereocenters. The molecule has 0 fully saturated rings. The zero-order valence-electron chi connectivity index (χ0n) is 23.3. The third-order valence-electron chi connectivity index (χ3n) is 6.11. The molecule has 3 aromatic rings. The van der Waals surface area contributed by atoms with Gasteiger partial charge in [-0.2, -0.15) is 0 Å². The Morgan fingerprint density at radius 3 is 2.23 bits per heavy atom. The van der Waals surface area contributed by atoms with Gasteiger partial charge in [-0.3, -0.25) is 13.9 Å². The highest BCUT2D eigenvalue weighted by molar-refractivity contribution is 7.92. The van der Waals surface area contributed by atoms with Crippen LogP contribution in [0.1, 0.15) is 45.2 Å². The number of hydrogen-bond acceptors (Lipinski definition) is 4. The first-order valence-corrected chi connectivity index (χ1v) is 15.1. The highest BCUT2D eigenvalue weighted by atomic mass is 35.5.